The third-order valence-corrected chi connectivity index (χ3v) is 3.10. The van der Waals surface area contributed by atoms with Crippen molar-refractivity contribution in [2.75, 3.05) is 5.32 Å². The van der Waals surface area contributed by atoms with Crippen LogP contribution < -0.4 is 5.32 Å². The Balaban J connectivity index is 1.84. The van der Waals surface area contributed by atoms with Crippen molar-refractivity contribution in [3.63, 3.8) is 0 Å². The third-order valence-electron chi connectivity index (χ3n) is 3.10. The first-order valence-corrected chi connectivity index (χ1v) is 6.53. The Hall–Kier alpha value is -2.95. The van der Waals surface area contributed by atoms with E-state index < -0.39 is 0 Å². The topological polar surface area (TPSA) is 59.8 Å². The average Bonchev–Trinajstić information content (AvgIpc) is 2.95. The molecule has 1 N–H and O–H groups in total. The Morgan fingerprint density at radius 2 is 1.95 bits per heavy atom. The highest BCUT2D eigenvalue weighted by Crippen LogP contribution is 2.20. The minimum Gasteiger partial charge on any atom is -0.322 e. The summed E-state index contributed by atoms with van der Waals surface area (Å²) >= 11 is 0. The maximum atomic E-state index is 12.3. The first kappa shape index (κ1) is 13.1. The fourth-order valence-corrected chi connectivity index (χ4v) is 2.05. The number of amides is 1. The molecule has 21 heavy (non-hydrogen) atoms. The number of pyridine rings is 1. The maximum Gasteiger partial charge on any atom is 0.255 e. The third kappa shape index (κ3) is 2.97. The molecule has 1 amide bonds. The maximum absolute atomic E-state index is 12.3. The van der Waals surface area contributed by atoms with Gasteiger partial charge in [0.05, 0.1) is 6.20 Å². The molecule has 0 aliphatic rings. The molecule has 2 heterocycles. The second-order valence-corrected chi connectivity index (χ2v) is 4.67. The molecule has 5 heteroatoms. The van der Waals surface area contributed by atoms with Gasteiger partial charge in [-0.05, 0) is 29.8 Å². The van der Waals surface area contributed by atoms with E-state index in [0.717, 1.165) is 16.8 Å². The van der Waals surface area contributed by atoms with Gasteiger partial charge < -0.3 is 5.32 Å². The Kier molecular flexibility index (Phi) is 3.47. The molecular weight excluding hydrogens is 264 g/mol. The second-order valence-electron chi connectivity index (χ2n) is 4.67. The minimum absolute atomic E-state index is 0.146. The molecule has 3 rings (SSSR count). The average molecular weight is 278 g/mol. The van der Waals surface area contributed by atoms with Crippen LogP contribution in [0.1, 0.15) is 10.4 Å². The van der Waals surface area contributed by atoms with Crippen molar-refractivity contribution in [3.05, 3.63) is 66.7 Å². The van der Waals surface area contributed by atoms with Gasteiger partial charge in [-0.1, -0.05) is 12.1 Å². The zero-order chi connectivity index (χ0) is 14.7. The van der Waals surface area contributed by atoms with E-state index in [1.54, 1.807) is 41.5 Å². The van der Waals surface area contributed by atoms with Gasteiger partial charge in [-0.2, -0.15) is 5.10 Å². The highest BCUT2D eigenvalue weighted by molar-refractivity contribution is 6.04. The summed E-state index contributed by atoms with van der Waals surface area (Å²) in [6.07, 6.45) is 6.98. The number of hydrogen-bond donors (Lipinski definition) is 1. The molecule has 3 aromatic rings. The Morgan fingerprint density at radius 1 is 1.14 bits per heavy atom. The van der Waals surface area contributed by atoms with Crippen molar-refractivity contribution in [2.24, 2.45) is 7.05 Å². The van der Waals surface area contributed by atoms with Crippen molar-refractivity contribution in [1.29, 1.82) is 0 Å². The van der Waals surface area contributed by atoms with Gasteiger partial charge in [-0.15, -0.1) is 0 Å². The van der Waals surface area contributed by atoms with Crippen molar-refractivity contribution < 1.29 is 4.79 Å². The van der Waals surface area contributed by atoms with Crippen LogP contribution >= 0.6 is 0 Å². The number of aryl methyl sites for hydroxylation is 1. The van der Waals surface area contributed by atoms with E-state index in [1.807, 2.05) is 31.4 Å². The molecule has 0 bridgehead atoms. The quantitative estimate of drug-likeness (QED) is 0.801. The molecule has 0 saturated carbocycles. The summed E-state index contributed by atoms with van der Waals surface area (Å²) in [5, 5.41) is 6.99. The lowest BCUT2D eigenvalue weighted by Crippen LogP contribution is -2.11. The summed E-state index contributed by atoms with van der Waals surface area (Å²) < 4.78 is 1.74. The van der Waals surface area contributed by atoms with Gasteiger partial charge in [0.2, 0.25) is 0 Å². The first-order chi connectivity index (χ1) is 10.2. The number of carbonyl (C=O) groups excluding carboxylic acids is 1. The molecule has 0 fully saturated rings. The van der Waals surface area contributed by atoms with Crippen LogP contribution in [-0.4, -0.2) is 20.7 Å². The van der Waals surface area contributed by atoms with Gasteiger partial charge in [0.25, 0.3) is 5.91 Å². The number of rotatable bonds is 3. The molecule has 0 atom stereocenters. The van der Waals surface area contributed by atoms with Gasteiger partial charge >= 0.3 is 0 Å². The number of anilines is 1. The Morgan fingerprint density at radius 3 is 2.67 bits per heavy atom. The van der Waals surface area contributed by atoms with Crippen molar-refractivity contribution >= 4 is 11.6 Å². The summed E-state index contributed by atoms with van der Waals surface area (Å²) in [6.45, 7) is 0. The molecule has 0 saturated heterocycles. The largest absolute Gasteiger partial charge is 0.322 e. The Bertz CT molecular complexity index is 765. The van der Waals surface area contributed by atoms with E-state index in [9.17, 15) is 4.79 Å². The lowest BCUT2D eigenvalue weighted by Gasteiger charge is -2.06. The number of nitrogens with one attached hydrogen (secondary N) is 1. The van der Waals surface area contributed by atoms with Crippen LogP contribution in [0.4, 0.5) is 5.69 Å². The number of benzene rings is 1. The predicted molar refractivity (Wildman–Crippen MR) is 80.8 cm³/mol. The van der Waals surface area contributed by atoms with E-state index in [2.05, 4.69) is 15.4 Å². The zero-order valence-corrected chi connectivity index (χ0v) is 11.5. The van der Waals surface area contributed by atoms with Crippen LogP contribution in [0.15, 0.2) is 61.2 Å². The number of hydrogen-bond acceptors (Lipinski definition) is 3. The molecule has 0 radical (unpaired) electrons. The predicted octanol–water partition coefficient (Wildman–Crippen LogP) is 2.73. The molecule has 1 aromatic carbocycles. The summed E-state index contributed by atoms with van der Waals surface area (Å²) in [7, 11) is 1.86. The molecule has 0 unspecified atom stereocenters. The monoisotopic (exact) mass is 278 g/mol. The van der Waals surface area contributed by atoms with E-state index in [-0.39, 0.29) is 5.91 Å². The molecule has 0 aliphatic carbocycles. The SMILES string of the molecule is Cn1cc(-c2cccc(C(=O)Nc3ccncc3)c2)cn1. The molecular formula is C16H14N4O. The molecule has 0 spiro atoms. The highest BCUT2D eigenvalue weighted by Gasteiger charge is 2.08. The van der Waals surface area contributed by atoms with Gasteiger partial charge in [0.1, 0.15) is 0 Å². The van der Waals surface area contributed by atoms with Crippen molar-refractivity contribution in [3.8, 4) is 11.1 Å². The Labute approximate surface area is 122 Å². The number of aromatic nitrogens is 3. The van der Waals surface area contributed by atoms with Crippen LogP contribution in [-0.2, 0) is 7.05 Å². The summed E-state index contributed by atoms with van der Waals surface area (Å²) in [5.41, 5.74) is 3.27. The zero-order valence-electron chi connectivity index (χ0n) is 11.5. The number of carbonyl (C=O) groups is 1. The van der Waals surface area contributed by atoms with Gasteiger partial charge in [0, 0.05) is 42.5 Å². The van der Waals surface area contributed by atoms with Crippen LogP contribution in [0.5, 0.6) is 0 Å². The molecule has 104 valence electrons. The summed E-state index contributed by atoms with van der Waals surface area (Å²) in [5.74, 6) is -0.146. The molecule has 2 aromatic heterocycles. The van der Waals surface area contributed by atoms with Crippen LogP contribution in [0, 0.1) is 0 Å². The minimum atomic E-state index is -0.146. The van der Waals surface area contributed by atoms with E-state index in [0.29, 0.717) is 5.56 Å². The fraction of sp³-hybridized carbons (Fsp3) is 0.0625. The van der Waals surface area contributed by atoms with Gasteiger partial charge in [0.15, 0.2) is 0 Å². The van der Waals surface area contributed by atoms with Crippen LogP contribution in [0.2, 0.25) is 0 Å². The number of nitrogens with zero attached hydrogens (tertiary/aromatic N) is 3. The summed E-state index contributed by atoms with van der Waals surface area (Å²) in [4.78, 5) is 16.2. The lowest BCUT2D eigenvalue weighted by molar-refractivity contribution is 0.102. The second kappa shape index (κ2) is 5.58. The van der Waals surface area contributed by atoms with E-state index >= 15 is 0 Å². The van der Waals surface area contributed by atoms with Gasteiger partial charge in [-0.3, -0.25) is 14.5 Å². The lowest BCUT2D eigenvalue weighted by atomic mass is 10.1. The van der Waals surface area contributed by atoms with Crippen LogP contribution in [0.3, 0.4) is 0 Å². The first-order valence-electron chi connectivity index (χ1n) is 6.53. The normalized spacial score (nSPS) is 10.3. The van der Waals surface area contributed by atoms with Crippen molar-refractivity contribution in [2.45, 2.75) is 0 Å². The van der Waals surface area contributed by atoms with Crippen molar-refractivity contribution in [1.82, 2.24) is 14.8 Å². The fourth-order valence-electron chi connectivity index (χ4n) is 2.05. The van der Waals surface area contributed by atoms with Crippen LogP contribution in [0.25, 0.3) is 11.1 Å². The molecule has 0 aliphatic heterocycles. The smallest absolute Gasteiger partial charge is 0.255 e. The van der Waals surface area contributed by atoms with Gasteiger partial charge in [-0.25, -0.2) is 0 Å². The van der Waals surface area contributed by atoms with E-state index in [4.69, 9.17) is 0 Å². The standard InChI is InChI=1S/C16H14N4O/c1-20-11-14(10-18-20)12-3-2-4-13(9-12)16(21)19-15-5-7-17-8-6-15/h2-11H,1H3,(H,17,19,21). The van der Waals surface area contributed by atoms with E-state index in [1.165, 1.54) is 0 Å². The highest BCUT2D eigenvalue weighted by atomic mass is 16.1. The summed E-state index contributed by atoms with van der Waals surface area (Å²) in [6, 6.07) is 11.0. The molecule has 5 nitrogen and oxygen atoms in total.